The molecular formula is C14H24N2. The van der Waals surface area contributed by atoms with Crippen LogP contribution in [0.15, 0.2) is 30.3 Å². The maximum atomic E-state index is 5.65. The van der Waals surface area contributed by atoms with Gasteiger partial charge in [-0.2, -0.15) is 0 Å². The van der Waals surface area contributed by atoms with Gasteiger partial charge in [-0.15, -0.1) is 0 Å². The van der Waals surface area contributed by atoms with Crippen molar-refractivity contribution in [2.45, 2.75) is 46.1 Å². The average Bonchev–Trinajstić information content (AvgIpc) is 2.31. The Morgan fingerprint density at radius 2 is 1.88 bits per heavy atom. The Morgan fingerprint density at radius 3 is 2.38 bits per heavy atom. The number of hydrogen-bond acceptors (Lipinski definition) is 2. The Labute approximate surface area is 99.2 Å². The van der Waals surface area contributed by atoms with Crippen molar-refractivity contribution in [2.75, 3.05) is 0 Å². The molecule has 1 unspecified atom stereocenters. The molecule has 1 atom stereocenters. The van der Waals surface area contributed by atoms with Gasteiger partial charge in [-0.25, -0.2) is 0 Å². The summed E-state index contributed by atoms with van der Waals surface area (Å²) in [5.74, 6) is 5.65. The van der Waals surface area contributed by atoms with Crippen molar-refractivity contribution < 1.29 is 0 Å². The van der Waals surface area contributed by atoms with E-state index < -0.39 is 0 Å². The fraction of sp³-hybridized carbons (Fsp3) is 0.571. The summed E-state index contributed by atoms with van der Waals surface area (Å²) < 4.78 is 0. The van der Waals surface area contributed by atoms with Gasteiger partial charge in [0.15, 0.2) is 0 Å². The number of benzene rings is 1. The SMILES string of the molecule is CCC(C)(C)C(CCc1ccccc1)NN. The molecule has 0 aromatic heterocycles. The van der Waals surface area contributed by atoms with Crippen LogP contribution in [0.3, 0.4) is 0 Å². The van der Waals surface area contributed by atoms with Crippen LogP contribution in [0.25, 0.3) is 0 Å². The van der Waals surface area contributed by atoms with E-state index in [2.05, 4.69) is 56.5 Å². The molecule has 0 amide bonds. The first kappa shape index (κ1) is 13.2. The number of nitrogens with two attached hydrogens (primary N) is 1. The van der Waals surface area contributed by atoms with Crippen molar-refractivity contribution >= 4 is 0 Å². The lowest BCUT2D eigenvalue weighted by Gasteiger charge is -2.33. The molecule has 0 spiro atoms. The molecular weight excluding hydrogens is 196 g/mol. The number of hydrazine groups is 1. The molecule has 1 aromatic rings. The summed E-state index contributed by atoms with van der Waals surface area (Å²) in [6.07, 6.45) is 3.30. The van der Waals surface area contributed by atoms with E-state index in [9.17, 15) is 0 Å². The Morgan fingerprint density at radius 1 is 1.25 bits per heavy atom. The summed E-state index contributed by atoms with van der Waals surface area (Å²) in [6, 6.07) is 10.9. The van der Waals surface area contributed by atoms with Crippen LogP contribution in [0.1, 0.15) is 39.2 Å². The van der Waals surface area contributed by atoms with E-state index in [0.29, 0.717) is 6.04 Å². The van der Waals surface area contributed by atoms with Crippen molar-refractivity contribution in [1.29, 1.82) is 0 Å². The van der Waals surface area contributed by atoms with Gasteiger partial charge in [-0.3, -0.25) is 11.3 Å². The first-order valence-electron chi connectivity index (χ1n) is 6.10. The summed E-state index contributed by atoms with van der Waals surface area (Å²) in [5.41, 5.74) is 4.60. The molecule has 0 radical (unpaired) electrons. The normalized spacial score (nSPS) is 13.8. The first-order chi connectivity index (χ1) is 7.60. The third kappa shape index (κ3) is 3.62. The first-order valence-corrected chi connectivity index (χ1v) is 6.10. The van der Waals surface area contributed by atoms with Crippen molar-refractivity contribution in [2.24, 2.45) is 11.3 Å². The average molecular weight is 220 g/mol. The van der Waals surface area contributed by atoms with Gasteiger partial charge in [-0.05, 0) is 30.2 Å². The highest BCUT2D eigenvalue weighted by Gasteiger charge is 2.26. The van der Waals surface area contributed by atoms with Crippen LogP contribution in [0.2, 0.25) is 0 Å². The Balaban J connectivity index is 2.53. The predicted molar refractivity (Wildman–Crippen MR) is 69.9 cm³/mol. The maximum absolute atomic E-state index is 5.65. The summed E-state index contributed by atoms with van der Waals surface area (Å²) in [4.78, 5) is 0. The third-order valence-electron chi connectivity index (χ3n) is 3.62. The molecule has 0 saturated heterocycles. The van der Waals surface area contributed by atoms with Crippen LogP contribution in [0.5, 0.6) is 0 Å². The molecule has 0 aliphatic carbocycles. The maximum Gasteiger partial charge on any atom is 0.0264 e. The molecule has 16 heavy (non-hydrogen) atoms. The lowest BCUT2D eigenvalue weighted by Crippen LogP contribution is -2.45. The topological polar surface area (TPSA) is 38.0 Å². The third-order valence-corrected chi connectivity index (χ3v) is 3.62. The molecule has 90 valence electrons. The second-order valence-electron chi connectivity index (χ2n) is 5.09. The summed E-state index contributed by atoms with van der Waals surface area (Å²) >= 11 is 0. The summed E-state index contributed by atoms with van der Waals surface area (Å²) in [6.45, 7) is 6.75. The highest BCUT2D eigenvalue weighted by Crippen LogP contribution is 2.27. The molecule has 2 nitrogen and oxygen atoms in total. The van der Waals surface area contributed by atoms with Crippen molar-refractivity contribution in [3.05, 3.63) is 35.9 Å². The predicted octanol–water partition coefficient (Wildman–Crippen LogP) is 2.89. The smallest absolute Gasteiger partial charge is 0.0264 e. The van der Waals surface area contributed by atoms with E-state index >= 15 is 0 Å². The Kier molecular flexibility index (Phi) is 4.97. The highest BCUT2D eigenvalue weighted by atomic mass is 15.2. The molecule has 1 aromatic carbocycles. The molecule has 0 fully saturated rings. The molecule has 0 aliphatic heterocycles. The van der Waals surface area contributed by atoms with E-state index in [1.165, 1.54) is 5.56 Å². The van der Waals surface area contributed by atoms with Gasteiger partial charge in [0.05, 0.1) is 0 Å². The van der Waals surface area contributed by atoms with Crippen LogP contribution in [-0.2, 0) is 6.42 Å². The standard InChI is InChI=1S/C14H24N2/c1-4-14(2,3)13(16-15)11-10-12-8-6-5-7-9-12/h5-9,13,16H,4,10-11,15H2,1-3H3. The van der Waals surface area contributed by atoms with Gasteiger partial charge in [0.1, 0.15) is 0 Å². The lowest BCUT2D eigenvalue weighted by molar-refractivity contribution is 0.222. The quantitative estimate of drug-likeness (QED) is 0.571. The summed E-state index contributed by atoms with van der Waals surface area (Å²) in [7, 11) is 0. The number of aryl methyl sites for hydroxylation is 1. The molecule has 0 heterocycles. The van der Waals surface area contributed by atoms with E-state index in [1.54, 1.807) is 0 Å². The van der Waals surface area contributed by atoms with Gasteiger partial charge < -0.3 is 0 Å². The minimum Gasteiger partial charge on any atom is -0.271 e. The fourth-order valence-corrected chi connectivity index (χ4v) is 1.90. The van der Waals surface area contributed by atoms with Crippen LogP contribution in [-0.4, -0.2) is 6.04 Å². The van der Waals surface area contributed by atoms with Crippen molar-refractivity contribution in [1.82, 2.24) is 5.43 Å². The highest BCUT2D eigenvalue weighted by molar-refractivity contribution is 5.14. The molecule has 1 rings (SSSR count). The van der Waals surface area contributed by atoms with Gasteiger partial charge in [0.2, 0.25) is 0 Å². The molecule has 0 aliphatic rings. The van der Waals surface area contributed by atoms with Crippen molar-refractivity contribution in [3.8, 4) is 0 Å². The molecule has 0 saturated carbocycles. The van der Waals surface area contributed by atoms with E-state index in [1.807, 2.05) is 0 Å². The Hall–Kier alpha value is -0.860. The van der Waals surface area contributed by atoms with Crippen LogP contribution >= 0.6 is 0 Å². The molecule has 3 N–H and O–H groups in total. The zero-order valence-corrected chi connectivity index (χ0v) is 10.7. The van der Waals surface area contributed by atoms with Crippen LogP contribution in [0.4, 0.5) is 0 Å². The zero-order chi connectivity index (χ0) is 12.0. The van der Waals surface area contributed by atoms with Crippen molar-refractivity contribution in [3.63, 3.8) is 0 Å². The number of nitrogens with one attached hydrogen (secondary N) is 1. The van der Waals surface area contributed by atoms with E-state index in [0.717, 1.165) is 19.3 Å². The van der Waals surface area contributed by atoms with Crippen LogP contribution < -0.4 is 11.3 Å². The van der Waals surface area contributed by atoms with Gasteiger partial charge in [0.25, 0.3) is 0 Å². The second-order valence-corrected chi connectivity index (χ2v) is 5.09. The van der Waals surface area contributed by atoms with E-state index in [4.69, 9.17) is 5.84 Å². The monoisotopic (exact) mass is 220 g/mol. The fourth-order valence-electron chi connectivity index (χ4n) is 1.90. The molecule has 2 heteroatoms. The number of rotatable bonds is 6. The zero-order valence-electron chi connectivity index (χ0n) is 10.7. The largest absolute Gasteiger partial charge is 0.271 e. The van der Waals surface area contributed by atoms with Gasteiger partial charge in [-0.1, -0.05) is 51.1 Å². The van der Waals surface area contributed by atoms with E-state index in [-0.39, 0.29) is 5.41 Å². The van der Waals surface area contributed by atoms with Crippen LogP contribution in [0, 0.1) is 5.41 Å². The minimum atomic E-state index is 0.254. The summed E-state index contributed by atoms with van der Waals surface area (Å²) in [5, 5.41) is 0. The van der Waals surface area contributed by atoms with Gasteiger partial charge in [0, 0.05) is 6.04 Å². The number of hydrogen-bond donors (Lipinski definition) is 2. The van der Waals surface area contributed by atoms with Gasteiger partial charge >= 0.3 is 0 Å². The Bertz CT molecular complexity index is 293. The minimum absolute atomic E-state index is 0.254. The lowest BCUT2D eigenvalue weighted by atomic mass is 9.79. The second kappa shape index (κ2) is 6.02. The molecule has 0 bridgehead atoms.